The van der Waals surface area contributed by atoms with Crippen LogP contribution in [0.25, 0.3) is 22.3 Å². The number of aryl methyl sites for hydroxylation is 1. The van der Waals surface area contributed by atoms with Crippen molar-refractivity contribution in [3.05, 3.63) is 61.7 Å². The molecule has 0 spiro atoms. The third kappa shape index (κ3) is 4.34. The standard InChI is InChI=1S/C31H34FN5O6/c1-5-31(43-13(2)3)18-8-23-27-16(11-37(23)29(40)17(18)12-42-30(31)41)26-21(36-28(39)20(33)10-24(34)38)7-6-15-14(4)19(32)9-22(35-27)25(15)26/h8-9,13,20-21H,5-7,10-12,33H2,1-4H3,(H2,34,38)(H,36,39)/t20-,21-,31-/m0/s1. The fourth-order valence-corrected chi connectivity index (χ4v) is 6.87. The number of nitrogens with two attached hydrogens (primary N) is 2. The molecule has 4 heterocycles. The summed E-state index contributed by atoms with van der Waals surface area (Å²) in [6.45, 7) is 7.11. The quantitative estimate of drug-likeness (QED) is 0.275. The van der Waals surface area contributed by atoms with Crippen LogP contribution in [0.2, 0.25) is 0 Å². The van der Waals surface area contributed by atoms with Crippen LogP contribution in [0.4, 0.5) is 4.39 Å². The lowest BCUT2D eigenvalue weighted by Gasteiger charge is -2.37. The normalized spacial score (nSPS) is 20.8. The molecule has 2 aliphatic heterocycles. The van der Waals surface area contributed by atoms with Crippen LogP contribution in [0.1, 0.15) is 79.5 Å². The molecule has 1 aromatic carbocycles. The molecule has 43 heavy (non-hydrogen) atoms. The smallest absolute Gasteiger partial charge is 0.343 e. The van der Waals surface area contributed by atoms with Crippen molar-refractivity contribution in [2.45, 2.75) is 90.3 Å². The highest BCUT2D eigenvalue weighted by molar-refractivity contribution is 5.94. The van der Waals surface area contributed by atoms with Gasteiger partial charge in [0.1, 0.15) is 12.4 Å². The number of benzene rings is 1. The van der Waals surface area contributed by atoms with E-state index in [4.69, 9.17) is 25.9 Å². The van der Waals surface area contributed by atoms with E-state index in [2.05, 4.69) is 5.32 Å². The number of aromatic nitrogens is 2. The first-order valence-corrected chi connectivity index (χ1v) is 14.5. The van der Waals surface area contributed by atoms with Crippen LogP contribution in [0.5, 0.6) is 0 Å². The minimum absolute atomic E-state index is 0.155. The number of primary amides is 1. The number of esters is 1. The molecule has 12 heteroatoms. The Balaban J connectivity index is 1.58. The van der Waals surface area contributed by atoms with Crippen LogP contribution < -0.4 is 22.3 Å². The summed E-state index contributed by atoms with van der Waals surface area (Å²) in [4.78, 5) is 56.5. The van der Waals surface area contributed by atoms with Crippen molar-refractivity contribution in [3.63, 3.8) is 0 Å². The molecule has 0 saturated heterocycles. The topological polar surface area (TPSA) is 169 Å². The molecule has 0 fully saturated rings. The molecular formula is C31H34FN5O6. The van der Waals surface area contributed by atoms with E-state index in [1.54, 1.807) is 24.5 Å². The van der Waals surface area contributed by atoms with E-state index in [1.165, 1.54) is 6.07 Å². The molecule has 6 rings (SSSR count). The van der Waals surface area contributed by atoms with Gasteiger partial charge in [0, 0.05) is 22.6 Å². The average Bonchev–Trinajstić information content (AvgIpc) is 3.32. The molecule has 2 amide bonds. The Morgan fingerprint density at radius 1 is 1.26 bits per heavy atom. The molecule has 3 aliphatic rings. The second-order valence-electron chi connectivity index (χ2n) is 11.8. The number of amides is 2. The summed E-state index contributed by atoms with van der Waals surface area (Å²) < 4.78 is 28.4. The number of pyridine rings is 2. The molecule has 1 aliphatic carbocycles. The number of hydrogen-bond donors (Lipinski definition) is 3. The van der Waals surface area contributed by atoms with Crippen molar-refractivity contribution in [2.24, 2.45) is 11.5 Å². The lowest BCUT2D eigenvalue weighted by molar-refractivity contribution is -0.187. The van der Waals surface area contributed by atoms with E-state index in [-0.39, 0.29) is 37.7 Å². The number of hydrogen-bond acceptors (Lipinski definition) is 8. The van der Waals surface area contributed by atoms with Crippen LogP contribution in [0.15, 0.2) is 16.9 Å². The molecule has 0 saturated carbocycles. The van der Waals surface area contributed by atoms with Crippen LogP contribution >= 0.6 is 0 Å². The zero-order valence-corrected chi connectivity index (χ0v) is 24.5. The van der Waals surface area contributed by atoms with Crippen LogP contribution in [0.3, 0.4) is 0 Å². The van der Waals surface area contributed by atoms with Gasteiger partial charge in [-0.25, -0.2) is 14.2 Å². The Kier molecular flexibility index (Phi) is 6.89. The van der Waals surface area contributed by atoms with E-state index in [1.807, 2.05) is 13.8 Å². The largest absolute Gasteiger partial charge is 0.458 e. The minimum Gasteiger partial charge on any atom is -0.458 e. The van der Waals surface area contributed by atoms with Gasteiger partial charge in [-0.05, 0) is 62.8 Å². The first-order valence-electron chi connectivity index (χ1n) is 14.5. The van der Waals surface area contributed by atoms with E-state index in [0.717, 1.165) is 16.5 Å². The van der Waals surface area contributed by atoms with Gasteiger partial charge in [0.25, 0.3) is 5.56 Å². The number of fused-ring (bicyclic) bond motifs is 5. The third-order valence-electron chi connectivity index (χ3n) is 8.86. The lowest BCUT2D eigenvalue weighted by atomic mass is 9.81. The molecule has 2 aromatic heterocycles. The number of cyclic esters (lactones) is 1. The maximum Gasteiger partial charge on any atom is 0.343 e. The number of carbonyl (C=O) groups is 3. The third-order valence-corrected chi connectivity index (χ3v) is 8.86. The van der Waals surface area contributed by atoms with Crippen molar-refractivity contribution in [3.8, 4) is 11.4 Å². The maximum atomic E-state index is 15.1. The van der Waals surface area contributed by atoms with Crippen molar-refractivity contribution < 1.29 is 28.2 Å². The SMILES string of the molecule is CC[C@@]1(OC(C)C)C(=O)OCc2c1cc1n(c2=O)Cc2c-1nc1cc(F)c(C)c3c1c2[C@@H](NC(=O)[C@@H](N)CC(N)=O)CC3. The highest BCUT2D eigenvalue weighted by Crippen LogP contribution is 2.46. The zero-order valence-electron chi connectivity index (χ0n) is 24.5. The van der Waals surface area contributed by atoms with Gasteiger partial charge in [-0.15, -0.1) is 0 Å². The zero-order chi connectivity index (χ0) is 31.0. The predicted octanol–water partition coefficient (Wildman–Crippen LogP) is 2.27. The fourth-order valence-electron chi connectivity index (χ4n) is 6.87. The lowest BCUT2D eigenvalue weighted by Crippen LogP contribution is -2.47. The van der Waals surface area contributed by atoms with E-state index < -0.39 is 41.3 Å². The molecular weight excluding hydrogens is 557 g/mol. The van der Waals surface area contributed by atoms with Crippen LogP contribution in [-0.4, -0.2) is 39.5 Å². The second-order valence-corrected chi connectivity index (χ2v) is 11.8. The van der Waals surface area contributed by atoms with Gasteiger partial charge >= 0.3 is 5.97 Å². The highest BCUT2D eigenvalue weighted by Gasteiger charge is 2.49. The van der Waals surface area contributed by atoms with Crippen LogP contribution in [-0.2, 0) is 49.0 Å². The minimum atomic E-state index is -1.46. The first-order chi connectivity index (χ1) is 20.4. The van der Waals surface area contributed by atoms with Gasteiger partial charge in [-0.2, -0.15) is 0 Å². The Hall–Kier alpha value is -4.16. The summed E-state index contributed by atoms with van der Waals surface area (Å²) >= 11 is 0. The van der Waals surface area contributed by atoms with E-state index in [0.29, 0.717) is 52.0 Å². The van der Waals surface area contributed by atoms with Gasteiger partial charge < -0.3 is 30.8 Å². The Labute approximate surface area is 246 Å². The van der Waals surface area contributed by atoms with Crippen LogP contribution in [0, 0.1) is 12.7 Å². The summed E-state index contributed by atoms with van der Waals surface area (Å²) in [5.74, 6) is -2.19. The van der Waals surface area contributed by atoms with Crippen molar-refractivity contribution >= 4 is 28.7 Å². The summed E-state index contributed by atoms with van der Waals surface area (Å²) in [5.41, 5.74) is 14.3. The second kappa shape index (κ2) is 10.2. The predicted molar refractivity (Wildman–Crippen MR) is 154 cm³/mol. The molecule has 0 bridgehead atoms. The molecule has 226 valence electrons. The number of ether oxygens (including phenoxy) is 2. The number of rotatable bonds is 7. The molecule has 3 atom stereocenters. The van der Waals surface area contributed by atoms with Crippen molar-refractivity contribution in [1.29, 1.82) is 0 Å². The van der Waals surface area contributed by atoms with E-state index in [9.17, 15) is 19.2 Å². The molecule has 0 unspecified atom stereocenters. The summed E-state index contributed by atoms with van der Waals surface area (Å²) in [6, 6.07) is 1.47. The Morgan fingerprint density at radius 3 is 2.67 bits per heavy atom. The molecule has 3 aromatic rings. The van der Waals surface area contributed by atoms with Gasteiger partial charge in [-0.1, -0.05) is 6.92 Å². The van der Waals surface area contributed by atoms with Crippen molar-refractivity contribution in [1.82, 2.24) is 14.9 Å². The number of halogens is 1. The Morgan fingerprint density at radius 2 is 2.00 bits per heavy atom. The van der Waals surface area contributed by atoms with E-state index >= 15 is 4.39 Å². The fraction of sp³-hybridized carbons (Fsp3) is 0.452. The summed E-state index contributed by atoms with van der Waals surface area (Å²) in [6.07, 6.45) is 0.534. The van der Waals surface area contributed by atoms with Gasteiger partial charge in [0.15, 0.2) is 5.60 Å². The monoisotopic (exact) mass is 591 g/mol. The van der Waals surface area contributed by atoms with Gasteiger partial charge in [0.2, 0.25) is 11.8 Å². The summed E-state index contributed by atoms with van der Waals surface area (Å²) in [5, 5.41) is 3.70. The Bertz CT molecular complexity index is 1800. The number of nitrogens with zero attached hydrogens (tertiary/aromatic N) is 2. The van der Waals surface area contributed by atoms with Gasteiger partial charge in [0.05, 0.1) is 53.6 Å². The average molecular weight is 592 g/mol. The number of carbonyl (C=O) groups excluding carboxylic acids is 3. The molecule has 5 N–H and O–H groups in total. The number of nitrogens with one attached hydrogen (secondary N) is 1. The molecule has 11 nitrogen and oxygen atoms in total. The first kappa shape index (κ1) is 28.9. The highest BCUT2D eigenvalue weighted by atomic mass is 19.1. The maximum absolute atomic E-state index is 15.1. The van der Waals surface area contributed by atoms with Gasteiger partial charge in [-0.3, -0.25) is 14.4 Å². The van der Waals surface area contributed by atoms with Crippen molar-refractivity contribution in [2.75, 3.05) is 0 Å². The molecule has 0 radical (unpaired) electrons. The summed E-state index contributed by atoms with van der Waals surface area (Å²) in [7, 11) is 0.